The normalized spacial score (nSPS) is 21.6. The third kappa shape index (κ3) is 4.12. The van der Waals surface area contributed by atoms with Gasteiger partial charge in [-0.3, -0.25) is 4.79 Å². The molecule has 1 atom stereocenters. The lowest BCUT2D eigenvalue weighted by Gasteiger charge is -2.41. The first kappa shape index (κ1) is 15.1. The molecule has 1 aliphatic heterocycles. The molecule has 5 heteroatoms. The molecule has 1 aromatic rings. The van der Waals surface area contributed by atoms with Crippen molar-refractivity contribution in [2.24, 2.45) is 0 Å². The average molecular weight is 298 g/mol. The monoisotopic (exact) mass is 297 g/mol. The van der Waals surface area contributed by atoms with Crippen molar-refractivity contribution in [1.29, 1.82) is 0 Å². The number of ether oxygens (including phenoxy) is 2. The zero-order valence-electron chi connectivity index (χ0n) is 12.1. The van der Waals surface area contributed by atoms with E-state index in [1.54, 1.807) is 29.2 Å². The fraction of sp³-hybridized carbons (Fsp3) is 0.533. The second-order valence-electron chi connectivity index (χ2n) is 5.71. The molecule has 2 rings (SSSR count). The van der Waals surface area contributed by atoms with Gasteiger partial charge in [-0.1, -0.05) is 11.6 Å². The highest BCUT2D eigenvalue weighted by Gasteiger charge is 2.33. The van der Waals surface area contributed by atoms with Gasteiger partial charge >= 0.3 is 0 Å². The van der Waals surface area contributed by atoms with Crippen molar-refractivity contribution < 1.29 is 14.3 Å². The van der Waals surface area contributed by atoms with Crippen molar-refractivity contribution in [1.82, 2.24) is 4.90 Å². The Hall–Kier alpha value is -1.26. The van der Waals surface area contributed by atoms with Gasteiger partial charge in [-0.25, -0.2) is 0 Å². The molecule has 4 nitrogen and oxygen atoms in total. The molecule has 1 aliphatic rings. The van der Waals surface area contributed by atoms with E-state index >= 15 is 0 Å². The van der Waals surface area contributed by atoms with Crippen LogP contribution in [0.3, 0.4) is 0 Å². The predicted octanol–water partition coefficient (Wildman–Crippen LogP) is 2.74. The Kier molecular flexibility index (Phi) is 4.55. The van der Waals surface area contributed by atoms with Gasteiger partial charge in [0.2, 0.25) is 0 Å². The number of nitrogens with zero attached hydrogens (tertiary/aromatic N) is 1. The van der Waals surface area contributed by atoms with Gasteiger partial charge < -0.3 is 14.4 Å². The van der Waals surface area contributed by atoms with Crippen LogP contribution in [0.4, 0.5) is 0 Å². The molecule has 0 radical (unpaired) electrons. The zero-order valence-corrected chi connectivity index (χ0v) is 12.8. The molecule has 1 aromatic carbocycles. The number of rotatable bonds is 3. The summed E-state index contributed by atoms with van der Waals surface area (Å²) >= 11 is 5.80. The van der Waals surface area contributed by atoms with E-state index in [1.807, 2.05) is 20.8 Å². The van der Waals surface area contributed by atoms with Crippen LogP contribution in [0.25, 0.3) is 0 Å². The number of hydrogen-bond acceptors (Lipinski definition) is 3. The molecule has 0 spiro atoms. The summed E-state index contributed by atoms with van der Waals surface area (Å²) in [5, 5.41) is 0.646. The second kappa shape index (κ2) is 6.02. The Labute approximate surface area is 124 Å². The highest BCUT2D eigenvalue weighted by atomic mass is 35.5. The summed E-state index contributed by atoms with van der Waals surface area (Å²) in [6, 6.07) is 6.98. The molecule has 0 bridgehead atoms. The zero-order chi connectivity index (χ0) is 14.8. The summed E-state index contributed by atoms with van der Waals surface area (Å²) in [5.41, 5.74) is -0.312. The van der Waals surface area contributed by atoms with Crippen LogP contribution in [0.2, 0.25) is 5.02 Å². The maximum Gasteiger partial charge on any atom is 0.260 e. The Balaban J connectivity index is 1.90. The van der Waals surface area contributed by atoms with Gasteiger partial charge in [0.1, 0.15) is 5.75 Å². The molecule has 1 amide bonds. The van der Waals surface area contributed by atoms with Crippen molar-refractivity contribution in [3.63, 3.8) is 0 Å². The molecule has 0 aromatic heterocycles. The van der Waals surface area contributed by atoms with Crippen molar-refractivity contribution in [2.45, 2.75) is 32.5 Å². The maximum absolute atomic E-state index is 12.2. The van der Waals surface area contributed by atoms with E-state index in [0.29, 0.717) is 23.9 Å². The minimum atomic E-state index is -0.312. The van der Waals surface area contributed by atoms with Gasteiger partial charge in [0.15, 0.2) is 6.61 Å². The van der Waals surface area contributed by atoms with E-state index in [2.05, 4.69) is 0 Å². The number of hydrogen-bond donors (Lipinski definition) is 0. The van der Waals surface area contributed by atoms with E-state index in [4.69, 9.17) is 21.1 Å². The third-order valence-corrected chi connectivity index (χ3v) is 3.35. The Morgan fingerprint density at radius 3 is 2.70 bits per heavy atom. The van der Waals surface area contributed by atoms with Crippen LogP contribution < -0.4 is 4.74 Å². The van der Waals surface area contributed by atoms with E-state index in [1.165, 1.54) is 0 Å². The Morgan fingerprint density at radius 2 is 2.10 bits per heavy atom. The highest BCUT2D eigenvalue weighted by Crippen LogP contribution is 2.21. The SMILES string of the molecule is CC1CN(C(=O)COc2ccc(Cl)cc2)CC(C)(C)O1. The lowest BCUT2D eigenvalue weighted by molar-refractivity contribution is -0.159. The molecular weight excluding hydrogens is 278 g/mol. The number of benzene rings is 1. The number of carbonyl (C=O) groups excluding carboxylic acids is 1. The molecule has 110 valence electrons. The van der Waals surface area contributed by atoms with E-state index in [9.17, 15) is 4.79 Å². The van der Waals surface area contributed by atoms with Crippen LogP contribution in [0.1, 0.15) is 20.8 Å². The van der Waals surface area contributed by atoms with E-state index < -0.39 is 0 Å². The van der Waals surface area contributed by atoms with Crippen molar-refractivity contribution in [3.05, 3.63) is 29.3 Å². The first-order valence-electron chi connectivity index (χ1n) is 6.70. The summed E-state index contributed by atoms with van der Waals surface area (Å²) in [4.78, 5) is 14.0. The first-order chi connectivity index (χ1) is 9.35. The van der Waals surface area contributed by atoms with Crippen LogP contribution in [0.15, 0.2) is 24.3 Å². The van der Waals surface area contributed by atoms with Crippen molar-refractivity contribution >= 4 is 17.5 Å². The molecule has 1 saturated heterocycles. The van der Waals surface area contributed by atoms with Crippen molar-refractivity contribution in [3.8, 4) is 5.75 Å². The van der Waals surface area contributed by atoms with Crippen LogP contribution in [-0.2, 0) is 9.53 Å². The number of halogens is 1. The first-order valence-corrected chi connectivity index (χ1v) is 7.07. The quantitative estimate of drug-likeness (QED) is 0.861. The standard InChI is InChI=1S/C15H20ClNO3/c1-11-8-17(10-15(2,3)20-11)14(18)9-19-13-6-4-12(16)5-7-13/h4-7,11H,8-10H2,1-3H3. The van der Waals surface area contributed by atoms with E-state index in [-0.39, 0.29) is 24.2 Å². The lowest BCUT2D eigenvalue weighted by Crippen LogP contribution is -2.54. The Bertz CT molecular complexity index is 473. The molecule has 1 heterocycles. The summed E-state index contributed by atoms with van der Waals surface area (Å²) in [5.74, 6) is 0.617. The minimum absolute atomic E-state index is 0.0248. The highest BCUT2D eigenvalue weighted by molar-refractivity contribution is 6.30. The Morgan fingerprint density at radius 1 is 1.45 bits per heavy atom. The van der Waals surface area contributed by atoms with Gasteiger partial charge in [-0.2, -0.15) is 0 Å². The third-order valence-electron chi connectivity index (χ3n) is 3.10. The molecule has 1 unspecified atom stereocenters. The molecular formula is C15H20ClNO3. The van der Waals surface area contributed by atoms with Gasteiger partial charge in [0, 0.05) is 18.1 Å². The van der Waals surface area contributed by atoms with Gasteiger partial charge in [0.05, 0.1) is 11.7 Å². The lowest BCUT2D eigenvalue weighted by atomic mass is 10.1. The molecule has 0 aliphatic carbocycles. The number of amides is 1. The second-order valence-corrected chi connectivity index (χ2v) is 6.14. The molecule has 1 fully saturated rings. The summed E-state index contributed by atoms with van der Waals surface area (Å²) in [7, 11) is 0. The summed E-state index contributed by atoms with van der Waals surface area (Å²) < 4.78 is 11.3. The van der Waals surface area contributed by atoms with Gasteiger partial charge in [-0.15, -0.1) is 0 Å². The number of carbonyl (C=O) groups is 1. The van der Waals surface area contributed by atoms with E-state index in [0.717, 1.165) is 0 Å². The van der Waals surface area contributed by atoms with Crippen LogP contribution in [0, 0.1) is 0 Å². The van der Waals surface area contributed by atoms with Gasteiger partial charge in [-0.05, 0) is 45.0 Å². The maximum atomic E-state index is 12.2. The molecule has 20 heavy (non-hydrogen) atoms. The van der Waals surface area contributed by atoms with Crippen LogP contribution in [-0.4, -0.2) is 42.2 Å². The molecule has 0 saturated carbocycles. The largest absolute Gasteiger partial charge is 0.484 e. The summed E-state index contributed by atoms with van der Waals surface area (Å²) in [6.45, 7) is 7.17. The smallest absolute Gasteiger partial charge is 0.260 e. The average Bonchev–Trinajstić information content (AvgIpc) is 2.35. The fourth-order valence-corrected chi connectivity index (χ4v) is 2.54. The number of morpholine rings is 1. The van der Waals surface area contributed by atoms with Crippen LogP contribution >= 0.6 is 11.6 Å². The minimum Gasteiger partial charge on any atom is -0.484 e. The topological polar surface area (TPSA) is 38.8 Å². The summed E-state index contributed by atoms with van der Waals surface area (Å²) in [6.07, 6.45) is 0.0400. The molecule has 0 N–H and O–H groups in total. The van der Waals surface area contributed by atoms with Crippen LogP contribution in [0.5, 0.6) is 5.75 Å². The fourth-order valence-electron chi connectivity index (χ4n) is 2.41. The predicted molar refractivity (Wildman–Crippen MR) is 78.2 cm³/mol. The van der Waals surface area contributed by atoms with Crippen molar-refractivity contribution in [2.75, 3.05) is 19.7 Å². The van der Waals surface area contributed by atoms with Gasteiger partial charge in [0.25, 0.3) is 5.91 Å².